The molecule has 0 spiro atoms. The summed E-state index contributed by atoms with van der Waals surface area (Å²) in [5, 5.41) is 0. The zero-order chi connectivity index (χ0) is 17.4. The maximum atomic E-state index is 11.5. The van der Waals surface area contributed by atoms with Crippen LogP contribution in [-0.2, 0) is 6.61 Å². The van der Waals surface area contributed by atoms with Crippen LogP contribution in [0.25, 0.3) is 0 Å². The Kier molecular flexibility index (Phi) is 8.62. The predicted molar refractivity (Wildman–Crippen MR) is 114 cm³/mol. The Labute approximate surface area is 172 Å². The number of aldehydes is 1. The number of hydrogen-bond acceptors (Lipinski definition) is 7. The second-order valence-corrected chi connectivity index (χ2v) is 7.12. The Hall–Kier alpha value is -0.530. The van der Waals surface area contributed by atoms with Crippen LogP contribution in [0.1, 0.15) is 15.9 Å². The van der Waals surface area contributed by atoms with Gasteiger partial charge in [0.15, 0.2) is 12.0 Å². The zero-order valence-electron chi connectivity index (χ0n) is 12.4. The van der Waals surface area contributed by atoms with Gasteiger partial charge in [-0.05, 0) is 17.7 Å². The maximum absolute atomic E-state index is 11.5. The van der Waals surface area contributed by atoms with E-state index in [1.165, 1.54) is 9.21 Å². The van der Waals surface area contributed by atoms with Crippen LogP contribution in [0.5, 0.6) is 23.0 Å². The first-order valence-electron chi connectivity index (χ1n) is 6.51. The van der Waals surface area contributed by atoms with Gasteiger partial charge in [0, 0.05) is 54.5 Å². The number of rotatable bonds is 9. The van der Waals surface area contributed by atoms with Gasteiger partial charge in [0.1, 0.15) is 47.8 Å². The Morgan fingerprint density at radius 1 is 1.00 bits per heavy atom. The first-order chi connectivity index (χ1) is 11.7. The van der Waals surface area contributed by atoms with Gasteiger partial charge in [-0.1, -0.05) is 12.1 Å². The van der Waals surface area contributed by atoms with Gasteiger partial charge in [-0.3, -0.25) is 4.79 Å². The third kappa shape index (κ3) is 5.49. The van der Waals surface area contributed by atoms with E-state index < -0.39 is 0 Å². The van der Waals surface area contributed by atoms with Gasteiger partial charge < -0.3 is 17.8 Å². The molecule has 0 radical (unpaired) electrons. The molecule has 0 unspecified atom stereocenters. The van der Waals surface area contributed by atoms with E-state index in [1.807, 2.05) is 66.7 Å². The molecule has 0 fully saturated rings. The molecule has 0 aliphatic rings. The Bertz CT molecular complexity index is 682. The highest BCUT2D eigenvalue weighted by Gasteiger charge is 2.15. The van der Waals surface area contributed by atoms with E-state index in [-0.39, 0.29) is 0 Å². The number of carbonyl (C=O) groups is 1. The molecule has 0 bridgehead atoms. The molecule has 0 heterocycles. The molecule has 9 heteroatoms. The lowest BCUT2D eigenvalue weighted by Gasteiger charge is -2.13. The van der Waals surface area contributed by atoms with Gasteiger partial charge >= 0.3 is 0 Å². The van der Waals surface area contributed by atoms with Crippen LogP contribution < -0.4 is 17.8 Å². The number of benzene rings is 2. The molecule has 128 valence electrons. The second kappa shape index (κ2) is 10.5. The number of halogens is 2. The van der Waals surface area contributed by atoms with Crippen molar-refractivity contribution in [3.8, 4) is 23.0 Å². The molecular formula is C15H12I2O5S2. The average Bonchev–Trinajstić information content (AvgIpc) is 2.61. The standard InChI is InChI=1S/C15H12I2O5S2/c1-19-11-4-2-10(3-5-11)9-20-14-6-12(21-23-16)7-15(22-24-17)13(14)8-18/h2-8H,9H2,1H3. The predicted octanol–water partition coefficient (Wildman–Crippen LogP) is 5.84. The van der Waals surface area contributed by atoms with Crippen molar-refractivity contribution in [2.24, 2.45) is 0 Å². The minimum absolute atomic E-state index is 0.308. The van der Waals surface area contributed by atoms with Crippen molar-refractivity contribution in [3.63, 3.8) is 0 Å². The van der Waals surface area contributed by atoms with E-state index in [0.29, 0.717) is 35.7 Å². The molecule has 0 aromatic heterocycles. The Morgan fingerprint density at radius 2 is 1.67 bits per heavy atom. The molecule has 24 heavy (non-hydrogen) atoms. The van der Waals surface area contributed by atoms with Gasteiger partial charge in [0.05, 0.1) is 7.11 Å². The van der Waals surface area contributed by atoms with Crippen LogP contribution in [0.4, 0.5) is 0 Å². The minimum atomic E-state index is 0.308. The molecule has 0 atom stereocenters. The number of carbonyl (C=O) groups excluding carboxylic acids is 1. The molecular weight excluding hydrogens is 578 g/mol. The summed E-state index contributed by atoms with van der Waals surface area (Å²) in [5.41, 5.74) is 1.30. The van der Waals surface area contributed by atoms with Crippen LogP contribution in [0.2, 0.25) is 0 Å². The average molecular weight is 590 g/mol. The van der Waals surface area contributed by atoms with E-state index in [0.717, 1.165) is 20.5 Å². The molecule has 0 saturated heterocycles. The van der Waals surface area contributed by atoms with Crippen molar-refractivity contribution in [2.45, 2.75) is 6.61 Å². The monoisotopic (exact) mass is 590 g/mol. The summed E-state index contributed by atoms with van der Waals surface area (Å²) in [5.74, 6) is 2.13. The number of hydrogen-bond donors (Lipinski definition) is 0. The molecule has 0 N–H and O–H groups in total. The highest BCUT2D eigenvalue weighted by Crippen LogP contribution is 2.37. The topological polar surface area (TPSA) is 54.0 Å². The lowest BCUT2D eigenvalue weighted by molar-refractivity contribution is 0.111. The van der Waals surface area contributed by atoms with E-state index in [1.54, 1.807) is 19.2 Å². The molecule has 5 nitrogen and oxygen atoms in total. The van der Waals surface area contributed by atoms with Gasteiger partial charge in [-0.25, -0.2) is 0 Å². The zero-order valence-corrected chi connectivity index (χ0v) is 18.3. The van der Waals surface area contributed by atoms with Crippen molar-refractivity contribution in [2.75, 3.05) is 7.11 Å². The van der Waals surface area contributed by atoms with Crippen molar-refractivity contribution < 1.29 is 22.6 Å². The molecule has 0 aliphatic carbocycles. The Balaban J connectivity index is 2.23. The largest absolute Gasteiger partial charge is 0.497 e. The van der Waals surface area contributed by atoms with E-state index in [9.17, 15) is 4.79 Å². The summed E-state index contributed by atoms with van der Waals surface area (Å²) in [7, 11) is 3.90. The molecule has 0 saturated carbocycles. The first kappa shape index (κ1) is 19.8. The fourth-order valence-corrected chi connectivity index (χ4v) is 3.46. The van der Waals surface area contributed by atoms with E-state index >= 15 is 0 Å². The van der Waals surface area contributed by atoms with Crippen LogP contribution in [0, 0.1) is 0 Å². The summed E-state index contributed by atoms with van der Waals surface area (Å²) in [6.07, 6.45) is 0.715. The molecule has 0 aliphatic heterocycles. The van der Waals surface area contributed by atoms with Crippen molar-refractivity contribution in [1.82, 2.24) is 0 Å². The fraction of sp³-hybridized carbons (Fsp3) is 0.133. The Morgan fingerprint density at radius 3 is 2.25 bits per heavy atom. The highest BCUT2D eigenvalue weighted by molar-refractivity contribution is 14.2. The second-order valence-electron chi connectivity index (χ2n) is 4.38. The van der Waals surface area contributed by atoms with Gasteiger partial charge in [-0.15, -0.1) is 0 Å². The number of methoxy groups -OCH3 is 1. The van der Waals surface area contributed by atoms with Gasteiger partial charge in [0.25, 0.3) is 0 Å². The SMILES string of the molecule is COc1ccc(COc2cc(OSI)cc(OSI)c2C=O)cc1. The summed E-state index contributed by atoms with van der Waals surface area (Å²) in [6.45, 7) is 0.308. The summed E-state index contributed by atoms with van der Waals surface area (Å²) >= 11 is 4.00. The van der Waals surface area contributed by atoms with Crippen molar-refractivity contribution in [1.29, 1.82) is 0 Å². The third-order valence-corrected chi connectivity index (χ3v) is 4.57. The summed E-state index contributed by atoms with van der Waals surface area (Å²) in [6, 6.07) is 10.8. The lowest BCUT2D eigenvalue weighted by Crippen LogP contribution is -2.00. The van der Waals surface area contributed by atoms with Crippen LogP contribution >= 0.6 is 60.8 Å². The lowest BCUT2D eigenvalue weighted by atomic mass is 10.2. The van der Waals surface area contributed by atoms with Crippen molar-refractivity contribution in [3.05, 3.63) is 47.5 Å². The molecule has 2 aromatic carbocycles. The highest BCUT2D eigenvalue weighted by atomic mass is 127. The van der Waals surface area contributed by atoms with Crippen LogP contribution in [-0.4, -0.2) is 13.4 Å². The molecule has 2 rings (SSSR count). The van der Waals surface area contributed by atoms with Gasteiger partial charge in [0.2, 0.25) is 0 Å². The summed E-state index contributed by atoms with van der Waals surface area (Å²) in [4.78, 5) is 11.5. The summed E-state index contributed by atoms with van der Waals surface area (Å²) < 4.78 is 21.8. The third-order valence-electron chi connectivity index (χ3n) is 3.00. The van der Waals surface area contributed by atoms with Crippen molar-refractivity contribution >= 4 is 67.1 Å². The quantitative estimate of drug-likeness (QED) is 0.207. The molecule has 0 amide bonds. The fourth-order valence-electron chi connectivity index (χ4n) is 1.88. The smallest absolute Gasteiger partial charge is 0.157 e. The maximum Gasteiger partial charge on any atom is 0.157 e. The first-order valence-corrected chi connectivity index (χ1v) is 13.1. The van der Waals surface area contributed by atoms with Gasteiger partial charge in [-0.2, -0.15) is 0 Å². The normalized spacial score (nSPS) is 10.1. The van der Waals surface area contributed by atoms with E-state index in [2.05, 4.69) is 0 Å². The van der Waals surface area contributed by atoms with Crippen LogP contribution in [0.3, 0.4) is 0 Å². The van der Waals surface area contributed by atoms with Crippen LogP contribution in [0.15, 0.2) is 36.4 Å². The minimum Gasteiger partial charge on any atom is -0.497 e. The number of ether oxygens (including phenoxy) is 2. The van der Waals surface area contributed by atoms with E-state index in [4.69, 9.17) is 17.8 Å². The molecule has 2 aromatic rings.